The minimum Gasteiger partial charge on any atom is -0.390 e. The van der Waals surface area contributed by atoms with Crippen molar-refractivity contribution < 1.29 is 23.1 Å². The van der Waals surface area contributed by atoms with Gasteiger partial charge in [-0.1, -0.05) is 0 Å². The van der Waals surface area contributed by atoms with E-state index in [2.05, 4.69) is 10.4 Å². The van der Waals surface area contributed by atoms with Gasteiger partial charge in [0.15, 0.2) is 5.69 Å². The number of aliphatic hydroxyl groups is 1. The normalized spacial score (nSPS) is 37.6. The van der Waals surface area contributed by atoms with Crippen LogP contribution in [0.5, 0.6) is 0 Å². The Balaban J connectivity index is 1.38. The molecule has 1 aromatic rings. The van der Waals surface area contributed by atoms with E-state index in [1.54, 1.807) is 0 Å². The van der Waals surface area contributed by atoms with Gasteiger partial charge in [0.25, 0.3) is 5.91 Å². The molecule has 5 fully saturated rings. The molecule has 1 aromatic heterocycles. The molecule has 6 rings (SSSR count). The lowest BCUT2D eigenvalue weighted by Gasteiger charge is -2.58. The fourth-order valence-corrected chi connectivity index (χ4v) is 5.98. The van der Waals surface area contributed by atoms with Crippen molar-refractivity contribution in [2.24, 2.45) is 23.7 Å². The lowest BCUT2D eigenvalue weighted by Crippen LogP contribution is -2.61. The summed E-state index contributed by atoms with van der Waals surface area (Å²) in [5.41, 5.74) is -1.95. The summed E-state index contributed by atoms with van der Waals surface area (Å²) >= 11 is 0. The standard InChI is InChI=1S/C19H24F3N3O2/c20-19(21,22)16-14(8-23-25(16)9-10-1-2-10)17(26)24-15-12-3-11-4-13(15)7-18(27,5-11)6-12/h8,10-13,15,27H,1-7,9H2,(H,24,26)/t11?,12-,13+,15?,18?. The largest absolute Gasteiger partial charge is 0.433 e. The van der Waals surface area contributed by atoms with Crippen molar-refractivity contribution in [2.45, 2.75) is 69.3 Å². The number of aromatic nitrogens is 2. The fraction of sp³-hybridized carbons (Fsp3) is 0.789. The van der Waals surface area contributed by atoms with Gasteiger partial charge in [0, 0.05) is 12.6 Å². The van der Waals surface area contributed by atoms with Crippen LogP contribution in [0.1, 0.15) is 61.0 Å². The Hall–Kier alpha value is -1.57. The summed E-state index contributed by atoms with van der Waals surface area (Å²) in [5.74, 6) is 0.329. The maximum absolute atomic E-state index is 13.6. The molecule has 0 spiro atoms. The third kappa shape index (κ3) is 3.05. The molecular formula is C19H24F3N3O2. The van der Waals surface area contributed by atoms with Crippen LogP contribution in [0.4, 0.5) is 13.2 Å². The van der Waals surface area contributed by atoms with Crippen LogP contribution in [-0.2, 0) is 12.7 Å². The second-order valence-corrected chi connectivity index (χ2v) is 9.22. The lowest BCUT2D eigenvalue weighted by molar-refractivity contribution is -0.144. The molecule has 1 heterocycles. The molecule has 0 saturated heterocycles. The zero-order chi connectivity index (χ0) is 19.0. The van der Waals surface area contributed by atoms with Crippen LogP contribution in [0.25, 0.3) is 0 Å². The summed E-state index contributed by atoms with van der Waals surface area (Å²) in [5, 5.41) is 17.4. The quantitative estimate of drug-likeness (QED) is 0.840. The highest BCUT2D eigenvalue weighted by molar-refractivity contribution is 5.95. The molecule has 148 valence electrons. The van der Waals surface area contributed by atoms with Crippen molar-refractivity contribution in [1.82, 2.24) is 15.1 Å². The molecule has 1 amide bonds. The maximum atomic E-state index is 13.6. The van der Waals surface area contributed by atoms with Crippen molar-refractivity contribution >= 4 is 5.91 Å². The van der Waals surface area contributed by atoms with E-state index in [0.29, 0.717) is 18.8 Å². The van der Waals surface area contributed by atoms with Crippen molar-refractivity contribution in [3.05, 3.63) is 17.5 Å². The Morgan fingerprint density at radius 2 is 1.93 bits per heavy atom. The summed E-state index contributed by atoms with van der Waals surface area (Å²) in [6.07, 6.45) is 2.25. The second kappa shape index (κ2) is 5.72. The number of amides is 1. The van der Waals surface area contributed by atoms with Crippen LogP contribution in [0.2, 0.25) is 0 Å². The van der Waals surface area contributed by atoms with Gasteiger partial charge < -0.3 is 10.4 Å². The first-order valence-corrected chi connectivity index (χ1v) is 9.88. The zero-order valence-electron chi connectivity index (χ0n) is 15.0. The first kappa shape index (κ1) is 17.5. The van der Waals surface area contributed by atoms with Crippen LogP contribution in [0.15, 0.2) is 6.20 Å². The maximum Gasteiger partial charge on any atom is 0.433 e. The molecule has 4 bridgehead atoms. The minimum absolute atomic E-state index is 0.151. The van der Waals surface area contributed by atoms with Gasteiger partial charge in [-0.2, -0.15) is 18.3 Å². The van der Waals surface area contributed by atoms with E-state index in [1.165, 1.54) is 0 Å². The van der Waals surface area contributed by atoms with Crippen molar-refractivity contribution in [2.75, 3.05) is 0 Å². The third-order valence-corrected chi connectivity index (χ3v) is 7.02. The molecule has 5 nitrogen and oxygen atoms in total. The molecule has 0 aliphatic heterocycles. The van der Waals surface area contributed by atoms with Crippen LogP contribution < -0.4 is 5.32 Å². The Labute approximate surface area is 155 Å². The molecular weight excluding hydrogens is 359 g/mol. The Bertz CT molecular complexity index is 755. The minimum atomic E-state index is -4.61. The monoisotopic (exact) mass is 383 g/mol. The molecule has 27 heavy (non-hydrogen) atoms. The topological polar surface area (TPSA) is 67.2 Å². The van der Waals surface area contributed by atoms with Crippen molar-refractivity contribution in [3.63, 3.8) is 0 Å². The van der Waals surface area contributed by atoms with Gasteiger partial charge in [-0.25, -0.2) is 0 Å². The fourth-order valence-electron chi connectivity index (χ4n) is 5.98. The number of hydrogen-bond donors (Lipinski definition) is 2. The molecule has 5 atom stereocenters. The number of nitrogens with zero attached hydrogens (tertiary/aromatic N) is 2. The Morgan fingerprint density at radius 1 is 1.26 bits per heavy atom. The van der Waals surface area contributed by atoms with Gasteiger partial charge in [-0.3, -0.25) is 9.48 Å². The number of nitrogens with one attached hydrogen (secondary N) is 1. The smallest absolute Gasteiger partial charge is 0.390 e. The van der Waals surface area contributed by atoms with E-state index >= 15 is 0 Å². The summed E-state index contributed by atoms with van der Waals surface area (Å²) in [6.45, 7) is 0.214. The predicted molar refractivity (Wildman–Crippen MR) is 89.7 cm³/mol. The zero-order valence-corrected chi connectivity index (χ0v) is 15.0. The SMILES string of the molecule is O=C(NC1[C@@H]2CC3C[C@H]1CC(O)(C3)C2)c1cnn(CC2CC2)c1C(F)(F)F. The molecule has 5 saturated carbocycles. The number of carbonyl (C=O) groups is 1. The van der Waals surface area contributed by atoms with Crippen LogP contribution >= 0.6 is 0 Å². The Morgan fingerprint density at radius 3 is 2.48 bits per heavy atom. The molecule has 0 aromatic carbocycles. The highest BCUT2D eigenvalue weighted by Crippen LogP contribution is 2.55. The molecule has 5 aliphatic rings. The lowest BCUT2D eigenvalue weighted by atomic mass is 9.52. The number of carbonyl (C=O) groups excluding carboxylic acids is 1. The van der Waals surface area contributed by atoms with Gasteiger partial charge in [0.2, 0.25) is 0 Å². The van der Waals surface area contributed by atoms with Gasteiger partial charge in [0.1, 0.15) is 0 Å². The van der Waals surface area contributed by atoms with E-state index in [-0.39, 0.29) is 35.9 Å². The van der Waals surface area contributed by atoms with Gasteiger partial charge in [-0.15, -0.1) is 0 Å². The Kier molecular flexibility index (Phi) is 3.71. The van der Waals surface area contributed by atoms with E-state index < -0.39 is 23.4 Å². The van der Waals surface area contributed by atoms with E-state index in [0.717, 1.165) is 43.0 Å². The highest BCUT2D eigenvalue weighted by Gasteiger charge is 2.55. The molecule has 2 N–H and O–H groups in total. The third-order valence-electron chi connectivity index (χ3n) is 7.02. The van der Waals surface area contributed by atoms with Gasteiger partial charge in [0.05, 0.1) is 17.4 Å². The summed E-state index contributed by atoms with van der Waals surface area (Å²) in [7, 11) is 0. The van der Waals surface area contributed by atoms with E-state index in [9.17, 15) is 23.1 Å². The van der Waals surface area contributed by atoms with Crippen molar-refractivity contribution in [3.8, 4) is 0 Å². The average Bonchev–Trinajstić information content (AvgIpc) is 3.24. The van der Waals surface area contributed by atoms with Crippen LogP contribution in [-0.4, -0.2) is 32.4 Å². The first-order valence-electron chi connectivity index (χ1n) is 9.88. The number of halogens is 3. The molecule has 8 heteroatoms. The average molecular weight is 383 g/mol. The number of alkyl halides is 3. The second-order valence-electron chi connectivity index (χ2n) is 9.22. The van der Waals surface area contributed by atoms with Crippen LogP contribution in [0.3, 0.4) is 0 Å². The summed E-state index contributed by atoms with van der Waals surface area (Å²) < 4.78 is 41.8. The number of hydrogen-bond acceptors (Lipinski definition) is 3. The summed E-state index contributed by atoms with van der Waals surface area (Å²) in [6, 6.07) is -0.151. The van der Waals surface area contributed by atoms with Crippen LogP contribution in [0, 0.1) is 23.7 Å². The summed E-state index contributed by atoms with van der Waals surface area (Å²) in [4.78, 5) is 12.8. The van der Waals surface area contributed by atoms with Gasteiger partial charge in [-0.05, 0) is 68.6 Å². The molecule has 0 radical (unpaired) electrons. The molecule has 3 unspecified atom stereocenters. The van der Waals surface area contributed by atoms with E-state index in [4.69, 9.17) is 0 Å². The van der Waals surface area contributed by atoms with E-state index in [1.807, 2.05) is 0 Å². The first-order chi connectivity index (χ1) is 12.7. The number of rotatable bonds is 4. The molecule has 5 aliphatic carbocycles. The van der Waals surface area contributed by atoms with Gasteiger partial charge >= 0.3 is 6.18 Å². The predicted octanol–water partition coefficient (Wildman–Crippen LogP) is 2.98. The van der Waals surface area contributed by atoms with Crippen molar-refractivity contribution in [1.29, 1.82) is 0 Å². The highest BCUT2D eigenvalue weighted by atomic mass is 19.4.